The Morgan fingerprint density at radius 3 is 2.58 bits per heavy atom. The van der Waals surface area contributed by atoms with Crippen molar-refractivity contribution in [3.8, 4) is 0 Å². The van der Waals surface area contributed by atoms with Gasteiger partial charge in [-0.2, -0.15) is 0 Å². The summed E-state index contributed by atoms with van der Waals surface area (Å²) in [6.07, 6.45) is -0.938. The van der Waals surface area contributed by atoms with E-state index in [0.717, 1.165) is 0 Å². The summed E-state index contributed by atoms with van der Waals surface area (Å²) in [5, 5.41) is 0. The number of allylic oxidation sites excluding steroid dienone is 1. The molecular weight excluding hydrogens is 410 g/mol. The molecule has 5 heterocycles. The predicted molar refractivity (Wildman–Crippen MR) is 89.0 cm³/mol. The number of nitrogens with two attached hydrogens (primary N) is 1. The van der Waals surface area contributed by atoms with Crippen molar-refractivity contribution < 1.29 is 28.6 Å². The second kappa shape index (κ2) is 4.49. The number of hydrogen-bond acceptors (Lipinski definition) is 8. The molecular formula is C16H18BrN3O6. The van der Waals surface area contributed by atoms with Crippen molar-refractivity contribution in [1.29, 1.82) is 0 Å². The molecule has 1 aliphatic carbocycles. The summed E-state index contributed by atoms with van der Waals surface area (Å²) >= 11 is 3.63. The zero-order valence-corrected chi connectivity index (χ0v) is 16.0. The van der Waals surface area contributed by atoms with E-state index in [0.29, 0.717) is 12.1 Å². The summed E-state index contributed by atoms with van der Waals surface area (Å²) in [7, 11) is 2.93. The third-order valence-corrected chi connectivity index (χ3v) is 8.32. The molecule has 10 heteroatoms. The normalized spacial score (nSPS) is 52.4. The van der Waals surface area contributed by atoms with Gasteiger partial charge >= 0.3 is 6.09 Å². The highest BCUT2D eigenvalue weighted by Gasteiger charge is 3.00. The molecule has 0 radical (unpaired) electrons. The number of alkyl halides is 1. The first-order valence-corrected chi connectivity index (χ1v) is 9.12. The van der Waals surface area contributed by atoms with E-state index in [1.807, 2.05) is 4.90 Å². The molecule has 140 valence electrons. The lowest BCUT2D eigenvalue weighted by molar-refractivity contribution is -0.140. The molecule has 6 rings (SSSR count). The SMILES string of the molecule is COC1=C(C)C(=O)C23N4C5CN2C(OC)(C54)C(COC(N)=O)C3(Br)C1=O. The highest BCUT2D eigenvalue weighted by atomic mass is 79.9. The van der Waals surface area contributed by atoms with Crippen molar-refractivity contribution in [1.82, 2.24) is 9.80 Å². The van der Waals surface area contributed by atoms with Gasteiger partial charge in [-0.1, -0.05) is 15.9 Å². The molecule has 1 spiro atoms. The van der Waals surface area contributed by atoms with Gasteiger partial charge < -0.3 is 19.9 Å². The van der Waals surface area contributed by atoms with Crippen LogP contribution in [0.25, 0.3) is 0 Å². The molecule has 5 aliphatic heterocycles. The molecule has 2 N–H and O–H groups in total. The molecule has 8 unspecified atom stereocenters. The first-order chi connectivity index (χ1) is 12.3. The topological polar surface area (TPSA) is 111 Å². The fraction of sp³-hybridized carbons (Fsp3) is 0.688. The second-order valence-electron chi connectivity index (χ2n) is 7.37. The van der Waals surface area contributed by atoms with Crippen LogP contribution in [0.1, 0.15) is 6.92 Å². The largest absolute Gasteiger partial charge is 0.493 e. The minimum absolute atomic E-state index is 0.0201. The van der Waals surface area contributed by atoms with Gasteiger partial charge in [0.1, 0.15) is 16.7 Å². The number of piperazine rings is 1. The minimum atomic E-state index is -1.35. The van der Waals surface area contributed by atoms with Gasteiger partial charge in [0.15, 0.2) is 17.2 Å². The molecule has 5 saturated heterocycles. The van der Waals surface area contributed by atoms with Crippen molar-refractivity contribution in [2.24, 2.45) is 11.7 Å². The summed E-state index contributed by atoms with van der Waals surface area (Å²) in [6.45, 7) is 2.09. The number of carbonyl (C=O) groups excluding carboxylic acids is 3. The Kier molecular flexibility index (Phi) is 2.88. The maximum absolute atomic E-state index is 13.5. The molecule has 26 heavy (non-hydrogen) atoms. The smallest absolute Gasteiger partial charge is 0.404 e. The van der Waals surface area contributed by atoms with E-state index in [9.17, 15) is 14.4 Å². The number of nitrogens with zero attached hydrogens (tertiary/aromatic N) is 2. The van der Waals surface area contributed by atoms with Crippen LogP contribution in [-0.4, -0.2) is 82.6 Å². The third-order valence-electron chi connectivity index (χ3n) is 6.86. The summed E-state index contributed by atoms with van der Waals surface area (Å²) < 4.78 is 15.0. The van der Waals surface area contributed by atoms with Crippen LogP contribution in [0.5, 0.6) is 0 Å². The Morgan fingerprint density at radius 1 is 1.35 bits per heavy atom. The molecule has 9 nitrogen and oxygen atoms in total. The standard InChI is InChI=1S/C16H18BrN3O6/c1-6-9(24-2)12(22)14(17)8(5-26-13(18)23)15(25-3)10-7-4-19(15)16(14,11(6)21)20(7)10/h7-8,10H,4-5H2,1-3H3,(H2,18,23). The van der Waals surface area contributed by atoms with E-state index < -0.39 is 27.7 Å². The van der Waals surface area contributed by atoms with E-state index >= 15 is 0 Å². The second-order valence-corrected chi connectivity index (χ2v) is 8.62. The number of amides is 1. The van der Waals surface area contributed by atoms with Crippen LogP contribution in [-0.2, 0) is 23.8 Å². The van der Waals surface area contributed by atoms with Crippen molar-refractivity contribution >= 4 is 33.6 Å². The highest BCUT2D eigenvalue weighted by molar-refractivity contribution is 9.10. The Morgan fingerprint density at radius 2 is 2.04 bits per heavy atom. The number of piperidine rings is 1. The first-order valence-electron chi connectivity index (χ1n) is 8.33. The fourth-order valence-corrected chi connectivity index (χ4v) is 7.38. The number of ketones is 2. The monoisotopic (exact) mass is 427 g/mol. The van der Waals surface area contributed by atoms with E-state index in [1.54, 1.807) is 14.0 Å². The number of Topliss-reactive ketones (excluding diaryl/α,β-unsaturated/α-hetero) is 2. The number of hydrogen-bond donors (Lipinski definition) is 1. The lowest BCUT2D eigenvalue weighted by Crippen LogP contribution is -2.70. The van der Waals surface area contributed by atoms with E-state index in [-0.39, 0.29) is 36.0 Å². The van der Waals surface area contributed by atoms with Crippen molar-refractivity contribution in [3.05, 3.63) is 11.3 Å². The van der Waals surface area contributed by atoms with E-state index in [4.69, 9.17) is 19.9 Å². The molecule has 8 atom stereocenters. The lowest BCUT2D eigenvalue weighted by Gasteiger charge is -2.47. The Hall–Kier alpha value is -1.49. The van der Waals surface area contributed by atoms with Crippen molar-refractivity contribution in [2.75, 3.05) is 27.4 Å². The molecule has 0 aromatic carbocycles. The molecule has 6 aliphatic rings. The number of methoxy groups -OCH3 is 2. The Balaban J connectivity index is 1.76. The quantitative estimate of drug-likeness (QED) is 0.464. The number of carbonyl (C=O) groups is 3. The van der Waals surface area contributed by atoms with Gasteiger partial charge in [-0.05, 0) is 6.92 Å². The van der Waals surface area contributed by atoms with Crippen LogP contribution < -0.4 is 5.73 Å². The van der Waals surface area contributed by atoms with Gasteiger partial charge in [0.05, 0.1) is 19.1 Å². The molecule has 0 aromatic rings. The molecule has 0 aromatic heterocycles. The lowest BCUT2D eigenvalue weighted by atomic mass is 9.69. The molecule has 5 fully saturated rings. The van der Waals surface area contributed by atoms with Crippen LogP contribution in [0.2, 0.25) is 0 Å². The first kappa shape index (κ1) is 16.7. The maximum Gasteiger partial charge on any atom is 0.404 e. The molecule has 0 saturated carbocycles. The van der Waals surface area contributed by atoms with Crippen LogP contribution in [0.15, 0.2) is 11.3 Å². The minimum Gasteiger partial charge on any atom is -0.493 e. The predicted octanol–water partition coefficient (Wildman–Crippen LogP) is -0.662. The van der Waals surface area contributed by atoms with Crippen LogP contribution >= 0.6 is 15.9 Å². The summed E-state index contributed by atoms with van der Waals surface area (Å²) in [6, 6.07) is 0.118. The zero-order valence-electron chi connectivity index (χ0n) is 14.4. The van der Waals surface area contributed by atoms with Gasteiger partial charge in [0.25, 0.3) is 0 Å². The summed E-state index contributed by atoms with van der Waals surface area (Å²) in [5.74, 6) is -1.12. The van der Waals surface area contributed by atoms with Gasteiger partial charge in [-0.3, -0.25) is 14.5 Å². The van der Waals surface area contributed by atoms with Crippen molar-refractivity contribution in [2.45, 2.75) is 34.7 Å². The summed E-state index contributed by atoms with van der Waals surface area (Å²) in [5.41, 5.74) is 3.37. The van der Waals surface area contributed by atoms with Gasteiger partial charge in [-0.15, -0.1) is 0 Å². The third kappa shape index (κ3) is 1.24. The number of rotatable bonds is 4. The van der Waals surface area contributed by atoms with Crippen LogP contribution in [0.3, 0.4) is 0 Å². The van der Waals surface area contributed by atoms with E-state index in [2.05, 4.69) is 20.8 Å². The summed E-state index contributed by atoms with van der Waals surface area (Å²) in [4.78, 5) is 42.3. The fourth-order valence-electron chi connectivity index (χ4n) is 6.14. The van der Waals surface area contributed by atoms with Gasteiger partial charge in [0.2, 0.25) is 5.78 Å². The Bertz CT molecular complexity index is 831. The van der Waals surface area contributed by atoms with E-state index in [1.165, 1.54) is 7.11 Å². The number of primary amides is 1. The van der Waals surface area contributed by atoms with Crippen molar-refractivity contribution in [3.63, 3.8) is 0 Å². The van der Waals surface area contributed by atoms with Gasteiger partial charge in [-0.25, -0.2) is 9.69 Å². The van der Waals surface area contributed by atoms with Gasteiger partial charge in [0, 0.05) is 25.3 Å². The Labute approximate surface area is 157 Å². The highest BCUT2D eigenvalue weighted by Crippen LogP contribution is 2.78. The molecule has 1 amide bonds. The average Bonchev–Trinajstić information content (AvgIpc) is 2.90. The average molecular weight is 428 g/mol. The van der Waals surface area contributed by atoms with Crippen LogP contribution in [0.4, 0.5) is 4.79 Å². The maximum atomic E-state index is 13.5. The number of halogens is 1. The number of ether oxygens (including phenoxy) is 3. The zero-order chi connectivity index (χ0) is 18.8. The van der Waals surface area contributed by atoms with Crippen LogP contribution in [0, 0.1) is 5.92 Å². The molecule has 6 bridgehead atoms.